The molecule has 0 aliphatic heterocycles. The summed E-state index contributed by atoms with van der Waals surface area (Å²) in [7, 11) is 0. The quantitative estimate of drug-likeness (QED) is 0.304. The zero-order chi connectivity index (χ0) is 20.1. The minimum absolute atomic E-state index is 0.114. The van der Waals surface area contributed by atoms with Crippen LogP contribution in [0.25, 0.3) is 0 Å². The van der Waals surface area contributed by atoms with Gasteiger partial charge in [-0.2, -0.15) is 0 Å². The van der Waals surface area contributed by atoms with Crippen LogP contribution in [0.5, 0.6) is 0 Å². The summed E-state index contributed by atoms with van der Waals surface area (Å²) in [5, 5.41) is 0. The van der Waals surface area contributed by atoms with Gasteiger partial charge in [0, 0.05) is 0 Å². The fraction of sp³-hybridized carbons (Fsp3) is 0.955. The molecule has 0 saturated carbocycles. The Bertz CT molecular complexity index is 343. The van der Waals surface area contributed by atoms with Gasteiger partial charge in [0.15, 0.2) is 0 Å². The standard InChI is InChI=1S/C22H48NO2P/c1-7-12-16-26(17-13-8-2,18-14-9-3,19-15-10-4)25-22(24)21(23)20(6)11-5/h20-21H,7-19,23H2,1-6H3/t20-,21-/m1/s1. The SMILES string of the molecule is CCCCP(CCCC)(CCCC)(CCCC)OC(=O)[C@H](N)[C@H](C)CC. The van der Waals surface area contributed by atoms with Crippen LogP contribution in [0.15, 0.2) is 0 Å². The zero-order valence-corrected chi connectivity index (χ0v) is 19.6. The third-order valence-corrected chi connectivity index (χ3v) is 12.7. The van der Waals surface area contributed by atoms with Crippen LogP contribution in [0.3, 0.4) is 0 Å². The van der Waals surface area contributed by atoms with E-state index in [9.17, 15) is 4.79 Å². The van der Waals surface area contributed by atoms with Crippen LogP contribution in [-0.2, 0) is 9.32 Å². The monoisotopic (exact) mass is 389 g/mol. The number of nitrogens with two attached hydrogens (primary N) is 1. The topological polar surface area (TPSA) is 52.3 Å². The fourth-order valence-electron chi connectivity index (χ4n) is 3.89. The van der Waals surface area contributed by atoms with Crippen LogP contribution in [0.4, 0.5) is 0 Å². The molecule has 158 valence electrons. The van der Waals surface area contributed by atoms with Crippen molar-refractivity contribution < 1.29 is 9.32 Å². The predicted molar refractivity (Wildman–Crippen MR) is 120 cm³/mol. The van der Waals surface area contributed by atoms with Crippen molar-refractivity contribution in [1.29, 1.82) is 0 Å². The molecule has 0 bridgehead atoms. The number of carbonyl (C=O) groups is 1. The number of hydrogen-bond acceptors (Lipinski definition) is 3. The molecule has 0 aliphatic rings. The van der Waals surface area contributed by atoms with Gasteiger partial charge in [-0.05, 0) is 0 Å². The van der Waals surface area contributed by atoms with Gasteiger partial charge in [-0.3, -0.25) is 0 Å². The Hall–Kier alpha value is -0.140. The van der Waals surface area contributed by atoms with Crippen LogP contribution < -0.4 is 5.73 Å². The third kappa shape index (κ3) is 7.85. The van der Waals surface area contributed by atoms with E-state index in [0.29, 0.717) is 0 Å². The molecule has 0 aromatic rings. The third-order valence-electron chi connectivity index (χ3n) is 6.19. The van der Waals surface area contributed by atoms with Crippen LogP contribution in [0, 0.1) is 5.92 Å². The van der Waals surface area contributed by atoms with E-state index in [-0.39, 0.29) is 11.9 Å². The summed E-state index contributed by atoms with van der Waals surface area (Å²) in [6, 6.07) is -0.479. The summed E-state index contributed by atoms with van der Waals surface area (Å²) in [5.41, 5.74) is 6.30. The average Bonchev–Trinajstić information content (AvgIpc) is 2.66. The molecule has 0 aromatic carbocycles. The van der Waals surface area contributed by atoms with Gasteiger partial charge in [0.1, 0.15) is 0 Å². The first kappa shape index (κ1) is 25.9. The molecule has 0 rings (SSSR count). The van der Waals surface area contributed by atoms with Crippen molar-refractivity contribution in [2.75, 3.05) is 24.6 Å². The molecule has 0 aromatic heterocycles. The Labute approximate surface area is 164 Å². The van der Waals surface area contributed by atoms with E-state index in [1.807, 2.05) is 0 Å². The fourth-order valence-corrected chi connectivity index (χ4v) is 10.7. The van der Waals surface area contributed by atoms with Gasteiger partial charge in [-0.15, -0.1) is 0 Å². The molecule has 3 nitrogen and oxygen atoms in total. The second-order valence-corrected chi connectivity index (χ2v) is 14.2. The molecule has 0 saturated heterocycles. The molecule has 0 heterocycles. The first-order valence-electron chi connectivity index (χ1n) is 11.3. The van der Waals surface area contributed by atoms with Crippen LogP contribution >= 0.6 is 6.83 Å². The first-order chi connectivity index (χ1) is 12.3. The molecule has 4 heteroatoms. The Morgan fingerprint density at radius 3 is 1.42 bits per heavy atom. The van der Waals surface area contributed by atoms with Crippen molar-refractivity contribution in [3.63, 3.8) is 0 Å². The molecule has 0 unspecified atom stereocenters. The van der Waals surface area contributed by atoms with Gasteiger partial charge < -0.3 is 0 Å². The number of hydrogen-bond donors (Lipinski definition) is 1. The second-order valence-electron chi connectivity index (χ2n) is 8.49. The maximum atomic E-state index is 13.1. The van der Waals surface area contributed by atoms with Gasteiger partial charge in [0.25, 0.3) is 0 Å². The van der Waals surface area contributed by atoms with E-state index in [4.69, 9.17) is 10.3 Å². The van der Waals surface area contributed by atoms with E-state index in [1.165, 1.54) is 25.7 Å². The van der Waals surface area contributed by atoms with Crippen molar-refractivity contribution in [1.82, 2.24) is 0 Å². The van der Waals surface area contributed by atoms with Gasteiger partial charge in [-0.1, -0.05) is 0 Å². The molecule has 2 atom stereocenters. The van der Waals surface area contributed by atoms with Crippen molar-refractivity contribution in [3.05, 3.63) is 0 Å². The molecule has 2 N–H and O–H groups in total. The van der Waals surface area contributed by atoms with Crippen molar-refractivity contribution in [3.8, 4) is 0 Å². The zero-order valence-electron chi connectivity index (χ0n) is 18.7. The van der Waals surface area contributed by atoms with Crippen LogP contribution in [0.2, 0.25) is 0 Å². The molecular formula is C22H48NO2P. The average molecular weight is 390 g/mol. The summed E-state index contributed by atoms with van der Waals surface area (Å²) >= 11 is 0. The van der Waals surface area contributed by atoms with E-state index < -0.39 is 12.9 Å². The first-order valence-corrected chi connectivity index (χ1v) is 14.2. The van der Waals surface area contributed by atoms with E-state index in [2.05, 4.69) is 41.5 Å². The van der Waals surface area contributed by atoms with Crippen LogP contribution in [-0.4, -0.2) is 36.7 Å². The normalized spacial score (nSPS) is 15.9. The molecule has 0 fully saturated rings. The minimum atomic E-state index is -2.54. The van der Waals surface area contributed by atoms with Gasteiger partial charge >= 0.3 is 164 Å². The van der Waals surface area contributed by atoms with Gasteiger partial charge in [0.2, 0.25) is 0 Å². The van der Waals surface area contributed by atoms with Gasteiger partial charge in [0.05, 0.1) is 0 Å². The van der Waals surface area contributed by atoms with Crippen molar-refractivity contribution in [2.24, 2.45) is 11.7 Å². The summed E-state index contributed by atoms with van der Waals surface area (Å²) in [6.07, 6.45) is 14.7. The Balaban J connectivity index is 5.86. The summed E-state index contributed by atoms with van der Waals surface area (Å²) in [6.45, 7) is 10.6. The molecule has 26 heavy (non-hydrogen) atoms. The maximum absolute atomic E-state index is 13.1. The Kier molecular flexibility index (Phi) is 13.0. The Morgan fingerprint density at radius 2 is 1.15 bits per heavy atom. The number of unbranched alkanes of at least 4 members (excludes halogenated alkanes) is 4. The molecule has 0 aliphatic carbocycles. The van der Waals surface area contributed by atoms with Crippen molar-refractivity contribution >= 4 is 12.8 Å². The summed E-state index contributed by atoms with van der Waals surface area (Å²) < 4.78 is 6.69. The second kappa shape index (κ2) is 13.1. The van der Waals surface area contributed by atoms with E-state index in [0.717, 1.165) is 56.8 Å². The van der Waals surface area contributed by atoms with Crippen molar-refractivity contribution in [2.45, 2.75) is 105 Å². The number of rotatable bonds is 16. The molecule has 0 spiro atoms. The predicted octanol–water partition coefficient (Wildman–Crippen LogP) is 6.57. The number of carbonyl (C=O) groups excluding carboxylic acids is 1. The molecular weight excluding hydrogens is 341 g/mol. The molecule has 0 amide bonds. The summed E-state index contributed by atoms with van der Waals surface area (Å²) in [5.74, 6) is 0.0657. The van der Waals surface area contributed by atoms with E-state index in [1.54, 1.807) is 0 Å². The Morgan fingerprint density at radius 1 is 0.808 bits per heavy atom. The van der Waals surface area contributed by atoms with Crippen LogP contribution in [0.1, 0.15) is 99.3 Å². The summed E-state index contributed by atoms with van der Waals surface area (Å²) in [4.78, 5) is 13.1. The molecule has 0 radical (unpaired) electrons. The van der Waals surface area contributed by atoms with E-state index >= 15 is 0 Å². The van der Waals surface area contributed by atoms with Gasteiger partial charge in [-0.25, -0.2) is 0 Å².